The minimum atomic E-state index is -0.109. The Morgan fingerprint density at radius 2 is 1.90 bits per heavy atom. The van der Waals surface area contributed by atoms with E-state index in [2.05, 4.69) is 19.2 Å². The van der Waals surface area contributed by atoms with Crippen LogP contribution in [0, 0.1) is 11.8 Å². The maximum absolute atomic E-state index is 12.0. The molecule has 1 amide bonds. The van der Waals surface area contributed by atoms with Gasteiger partial charge in [0.15, 0.2) is 0 Å². The molecule has 1 aromatic rings. The zero-order valence-electron chi connectivity index (χ0n) is 13.0. The van der Waals surface area contributed by atoms with Crippen molar-refractivity contribution in [1.29, 1.82) is 0 Å². The quantitative estimate of drug-likeness (QED) is 0.876. The predicted octanol–water partition coefficient (Wildman–Crippen LogP) is 2.93. The van der Waals surface area contributed by atoms with Gasteiger partial charge in [-0.15, -0.1) is 0 Å². The van der Waals surface area contributed by atoms with E-state index < -0.39 is 0 Å². The Kier molecular flexibility index (Phi) is 5.76. The zero-order valence-corrected chi connectivity index (χ0v) is 13.0. The van der Waals surface area contributed by atoms with E-state index in [0.29, 0.717) is 18.4 Å². The second-order valence-electron chi connectivity index (χ2n) is 6.26. The number of nitrogens with one attached hydrogen (secondary N) is 1. The van der Waals surface area contributed by atoms with Crippen molar-refractivity contribution in [2.75, 3.05) is 11.9 Å². The molecule has 2 rings (SSSR count). The third-order valence-electron chi connectivity index (χ3n) is 4.10. The van der Waals surface area contributed by atoms with Crippen molar-refractivity contribution in [3.8, 4) is 0 Å². The van der Waals surface area contributed by atoms with Gasteiger partial charge in [0.1, 0.15) is 6.61 Å². The Labute approximate surface area is 127 Å². The standard InChI is InChI=1S/C17H26N2O2/c1-12-7-13(2)9-15(8-12)21-11-17(20)19-16-6-4-3-5-14(16)10-18/h3-6,12-13,15H,7-11,18H2,1-2H3,(H,19,20). The van der Waals surface area contributed by atoms with Crippen molar-refractivity contribution < 1.29 is 9.53 Å². The van der Waals surface area contributed by atoms with Gasteiger partial charge in [0.25, 0.3) is 0 Å². The highest BCUT2D eigenvalue weighted by Crippen LogP contribution is 2.30. The monoisotopic (exact) mass is 290 g/mol. The van der Waals surface area contributed by atoms with Gasteiger partial charge in [-0.2, -0.15) is 0 Å². The van der Waals surface area contributed by atoms with E-state index in [4.69, 9.17) is 10.5 Å². The first-order valence-electron chi connectivity index (χ1n) is 7.78. The summed E-state index contributed by atoms with van der Waals surface area (Å²) in [4.78, 5) is 12.0. The van der Waals surface area contributed by atoms with Crippen molar-refractivity contribution in [1.82, 2.24) is 0 Å². The van der Waals surface area contributed by atoms with Crippen LogP contribution in [0.5, 0.6) is 0 Å². The molecule has 1 fully saturated rings. The zero-order chi connectivity index (χ0) is 15.2. The summed E-state index contributed by atoms with van der Waals surface area (Å²) < 4.78 is 5.79. The number of hydrogen-bond acceptors (Lipinski definition) is 3. The molecule has 1 saturated carbocycles. The molecule has 0 heterocycles. The molecule has 3 N–H and O–H groups in total. The fourth-order valence-corrected chi connectivity index (χ4v) is 3.21. The smallest absolute Gasteiger partial charge is 0.250 e. The van der Waals surface area contributed by atoms with E-state index in [0.717, 1.165) is 24.1 Å². The van der Waals surface area contributed by atoms with Gasteiger partial charge in [0.05, 0.1) is 6.10 Å². The van der Waals surface area contributed by atoms with Crippen LogP contribution >= 0.6 is 0 Å². The Morgan fingerprint density at radius 3 is 2.57 bits per heavy atom. The summed E-state index contributed by atoms with van der Waals surface area (Å²) in [7, 11) is 0. The number of amides is 1. The first kappa shape index (κ1) is 16.0. The molecule has 4 heteroatoms. The molecule has 2 atom stereocenters. The van der Waals surface area contributed by atoms with Crippen molar-refractivity contribution >= 4 is 11.6 Å². The molecule has 0 aromatic heterocycles. The van der Waals surface area contributed by atoms with Gasteiger partial charge in [0, 0.05) is 12.2 Å². The normalized spacial score (nSPS) is 25.6. The molecule has 0 bridgehead atoms. The second-order valence-corrected chi connectivity index (χ2v) is 6.26. The van der Waals surface area contributed by atoms with Gasteiger partial charge in [-0.25, -0.2) is 0 Å². The fraction of sp³-hybridized carbons (Fsp3) is 0.588. The lowest BCUT2D eigenvalue weighted by Gasteiger charge is -2.31. The SMILES string of the molecule is CC1CC(C)CC(OCC(=O)Nc2ccccc2CN)C1. The summed E-state index contributed by atoms with van der Waals surface area (Å²) in [5.74, 6) is 1.25. The molecule has 1 aromatic carbocycles. The van der Waals surface area contributed by atoms with E-state index in [-0.39, 0.29) is 18.6 Å². The van der Waals surface area contributed by atoms with Crippen LogP contribution in [0.2, 0.25) is 0 Å². The Balaban J connectivity index is 1.82. The number of ether oxygens (including phenoxy) is 1. The molecule has 0 spiro atoms. The first-order valence-corrected chi connectivity index (χ1v) is 7.78. The Bertz CT molecular complexity index is 466. The highest BCUT2D eigenvalue weighted by atomic mass is 16.5. The molecule has 116 valence electrons. The molecular formula is C17H26N2O2. The maximum atomic E-state index is 12.0. The summed E-state index contributed by atoms with van der Waals surface area (Å²) in [5.41, 5.74) is 7.38. The summed E-state index contributed by atoms with van der Waals surface area (Å²) in [6.07, 6.45) is 3.57. The number of anilines is 1. The molecule has 1 aliphatic carbocycles. The van der Waals surface area contributed by atoms with Gasteiger partial charge < -0.3 is 15.8 Å². The second kappa shape index (κ2) is 7.57. The topological polar surface area (TPSA) is 64.3 Å². The fourth-order valence-electron chi connectivity index (χ4n) is 3.21. The molecular weight excluding hydrogens is 264 g/mol. The van der Waals surface area contributed by atoms with E-state index in [1.165, 1.54) is 6.42 Å². The average molecular weight is 290 g/mol. The number of para-hydroxylation sites is 1. The van der Waals surface area contributed by atoms with Gasteiger partial charge >= 0.3 is 0 Å². The number of rotatable bonds is 5. The summed E-state index contributed by atoms with van der Waals surface area (Å²) in [6.45, 7) is 5.03. The van der Waals surface area contributed by atoms with Crippen molar-refractivity contribution in [3.63, 3.8) is 0 Å². The first-order chi connectivity index (χ1) is 10.1. The Hall–Kier alpha value is -1.39. The lowest BCUT2D eigenvalue weighted by molar-refractivity contribution is -0.124. The average Bonchev–Trinajstić information content (AvgIpc) is 2.45. The highest BCUT2D eigenvalue weighted by Gasteiger charge is 2.24. The highest BCUT2D eigenvalue weighted by molar-refractivity contribution is 5.92. The number of carbonyl (C=O) groups excluding carboxylic acids is 1. The lowest BCUT2D eigenvalue weighted by Crippen LogP contribution is -2.30. The third kappa shape index (κ3) is 4.83. The summed E-state index contributed by atoms with van der Waals surface area (Å²) >= 11 is 0. The summed E-state index contributed by atoms with van der Waals surface area (Å²) in [5, 5.41) is 2.88. The van der Waals surface area contributed by atoms with Crippen LogP contribution < -0.4 is 11.1 Å². The lowest BCUT2D eigenvalue weighted by atomic mass is 9.82. The third-order valence-corrected chi connectivity index (χ3v) is 4.10. The number of carbonyl (C=O) groups is 1. The molecule has 0 aliphatic heterocycles. The van der Waals surface area contributed by atoms with Gasteiger partial charge in [-0.05, 0) is 42.7 Å². The van der Waals surface area contributed by atoms with Crippen molar-refractivity contribution in [2.45, 2.75) is 45.8 Å². The van der Waals surface area contributed by atoms with E-state index in [1.807, 2.05) is 24.3 Å². The van der Waals surface area contributed by atoms with E-state index in [1.54, 1.807) is 0 Å². The Morgan fingerprint density at radius 1 is 1.24 bits per heavy atom. The molecule has 0 saturated heterocycles. The van der Waals surface area contributed by atoms with Crippen LogP contribution in [0.3, 0.4) is 0 Å². The minimum Gasteiger partial charge on any atom is -0.368 e. The van der Waals surface area contributed by atoms with E-state index >= 15 is 0 Å². The number of benzene rings is 1. The molecule has 21 heavy (non-hydrogen) atoms. The maximum Gasteiger partial charge on any atom is 0.250 e. The van der Waals surface area contributed by atoms with Crippen LogP contribution in [0.1, 0.15) is 38.7 Å². The van der Waals surface area contributed by atoms with Crippen LogP contribution in [0.15, 0.2) is 24.3 Å². The minimum absolute atomic E-state index is 0.109. The van der Waals surface area contributed by atoms with Gasteiger partial charge in [-0.1, -0.05) is 32.0 Å². The van der Waals surface area contributed by atoms with Crippen LogP contribution in [-0.2, 0) is 16.1 Å². The van der Waals surface area contributed by atoms with Crippen LogP contribution in [0.25, 0.3) is 0 Å². The number of nitrogens with two attached hydrogens (primary N) is 1. The van der Waals surface area contributed by atoms with Gasteiger partial charge in [-0.3, -0.25) is 4.79 Å². The predicted molar refractivity (Wildman–Crippen MR) is 84.9 cm³/mol. The molecule has 0 radical (unpaired) electrons. The number of hydrogen-bond donors (Lipinski definition) is 2. The van der Waals surface area contributed by atoms with Crippen molar-refractivity contribution in [2.24, 2.45) is 17.6 Å². The van der Waals surface area contributed by atoms with Crippen LogP contribution in [-0.4, -0.2) is 18.6 Å². The van der Waals surface area contributed by atoms with Crippen LogP contribution in [0.4, 0.5) is 5.69 Å². The molecule has 4 nitrogen and oxygen atoms in total. The van der Waals surface area contributed by atoms with E-state index in [9.17, 15) is 4.79 Å². The summed E-state index contributed by atoms with van der Waals surface area (Å²) in [6, 6.07) is 7.59. The molecule has 1 aliphatic rings. The van der Waals surface area contributed by atoms with Crippen molar-refractivity contribution in [3.05, 3.63) is 29.8 Å². The largest absolute Gasteiger partial charge is 0.368 e. The molecule has 2 unspecified atom stereocenters. The van der Waals surface area contributed by atoms with Gasteiger partial charge in [0.2, 0.25) is 5.91 Å².